The largest absolute Gasteiger partial charge is 0.371 e. The van der Waals surface area contributed by atoms with E-state index in [4.69, 9.17) is 0 Å². The molecule has 25 heavy (non-hydrogen) atoms. The molecule has 5 nitrogen and oxygen atoms in total. The van der Waals surface area contributed by atoms with E-state index in [1.165, 1.54) is 12.8 Å². The SMILES string of the molecule is O=C(NC1CC1)c1ccc(NC(=O)C2CC2)cc1N1CCCCCC1. The van der Waals surface area contributed by atoms with Crippen LogP contribution in [0.3, 0.4) is 0 Å². The molecule has 1 aliphatic heterocycles. The van der Waals surface area contributed by atoms with Crippen LogP contribution in [0.5, 0.6) is 0 Å². The molecule has 2 saturated carbocycles. The van der Waals surface area contributed by atoms with Crippen LogP contribution >= 0.6 is 0 Å². The minimum atomic E-state index is 0.0156. The molecule has 1 saturated heterocycles. The van der Waals surface area contributed by atoms with E-state index in [9.17, 15) is 9.59 Å². The van der Waals surface area contributed by atoms with Gasteiger partial charge in [0.15, 0.2) is 0 Å². The molecular formula is C20H27N3O2. The highest BCUT2D eigenvalue weighted by Gasteiger charge is 2.30. The van der Waals surface area contributed by atoms with Crippen molar-refractivity contribution in [3.8, 4) is 0 Å². The fourth-order valence-corrected chi connectivity index (χ4v) is 3.46. The summed E-state index contributed by atoms with van der Waals surface area (Å²) in [5.41, 5.74) is 2.51. The fraction of sp³-hybridized carbons (Fsp3) is 0.600. The van der Waals surface area contributed by atoms with Crippen molar-refractivity contribution >= 4 is 23.2 Å². The van der Waals surface area contributed by atoms with Crippen LogP contribution in [-0.4, -0.2) is 30.9 Å². The van der Waals surface area contributed by atoms with Gasteiger partial charge >= 0.3 is 0 Å². The van der Waals surface area contributed by atoms with Gasteiger partial charge in [-0.3, -0.25) is 9.59 Å². The molecule has 0 atom stereocenters. The minimum absolute atomic E-state index is 0.0156. The smallest absolute Gasteiger partial charge is 0.253 e. The Morgan fingerprint density at radius 1 is 0.960 bits per heavy atom. The first-order valence-corrected chi connectivity index (χ1v) is 9.71. The Balaban J connectivity index is 1.59. The second-order valence-electron chi connectivity index (χ2n) is 7.64. The number of amides is 2. The Kier molecular flexibility index (Phi) is 4.64. The summed E-state index contributed by atoms with van der Waals surface area (Å²) < 4.78 is 0. The zero-order chi connectivity index (χ0) is 17.2. The standard InChI is InChI=1S/C20H27N3O2/c24-19(14-5-6-14)22-16-9-10-17(20(25)21-15-7-8-15)18(13-16)23-11-3-1-2-4-12-23/h9-10,13-15H,1-8,11-12H2,(H,21,25)(H,22,24). The summed E-state index contributed by atoms with van der Waals surface area (Å²) >= 11 is 0. The van der Waals surface area contributed by atoms with Gasteiger partial charge in [0.25, 0.3) is 5.91 Å². The highest BCUT2D eigenvalue weighted by Crippen LogP contribution is 2.32. The van der Waals surface area contributed by atoms with E-state index >= 15 is 0 Å². The number of anilines is 2. The van der Waals surface area contributed by atoms with E-state index in [0.29, 0.717) is 6.04 Å². The summed E-state index contributed by atoms with van der Waals surface area (Å²) in [6, 6.07) is 6.08. The highest BCUT2D eigenvalue weighted by molar-refractivity contribution is 6.02. The lowest BCUT2D eigenvalue weighted by Crippen LogP contribution is -2.30. The molecule has 5 heteroatoms. The van der Waals surface area contributed by atoms with Gasteiger partial charge in [0, 0.05) is 30.7 Å². The summed E-state index contributed by atoms with van der Waals surface area (Å²) in [4.78, 5) is 27.1. The minimum Gasteiger partial charge on any atom is -0.371 e. The molecule has 3 aliphatic rings. The quantitative estimate of drug-likeness (QED) is 0.864. The average molecular weight is 341 g/mol. The van der Waals surface area contributed by atoms with Crippen molar-refractivity contribution in [1.82, 2.24) is 5.32 Å². The van der Waals surface area contributed by atoms with Crippen molar-refractivity contribution < 1.29 is 9.59 Å². The number of hydrogen-bond acceptors (Lipinski definition) is 3. The molecule has 0 spiro atoms. The molecule has 134 valence electrons. The Morgan fingerprint density at radius 3 is 2.32 bits per heavy atom. The van der Waals surface area contributed by atoms with Crippen molar-refractivity contribution in [2.45, 2.75) is 57.4 Å². The number of carbonyl (C=O) groups excluding carboxylic acids is 2. The van der Waals surface area contributed by atoms with Crippen LogP contribution in [0.25, 0.3) is 0 Å². The number of benzene rings is 1. The van der Waals surface area contributed by atoms with Gasteiger partial charge in [-0.2, -0.15) is 0 Å². The van der Waals surface area contributed by atoms with Gasteiger partial charge in [0.2, 0.25) is 5.91 Å². The summed E-state index contributed by atoms with van der Waals surface area (Å²) in [6.45, 7) is 1.95. The summed E-state index contributed by atoms with van der Waals surface area (Å²) in [7, 11) is 0. The maximum Gasteiger partial charge on any atom is 0.253 e. The summed E-state index contributed by atoms with van der Waals surface area (Å²) in [5.74, 6) is 0.304. The predicted molar refractivity (Wildman–Crippen MR) is 99.0 cm³/mol. The van der Waals surface area contributed by atoms with Crippen LogP contribution in [0.2, 0.25) is 0 Å². The average Bonchev–Trinajstić information content (AvgIpc) is 3.49. The maximum absolute atomic E-state index is 12.7. The Morgan fingerprint density at radius 2 is 1.68 bits per heavy atom. The monoisotopic (exact) mass is 341 g/mol. The fourth-order valence-electron chi connectivity index (χ4n) is 3.46. The topological polar surface area (TPSA) is 61.4 Å². The third-order valence-electron chi connectivity index (χ3n) is 5.32. The number of nitrogens with one attached hydrogen (secondary N) is 2. The van der Waals surface area contributed by atoms with Gasteiger partial charge in [-0.05, 0) is 56.7 Å². The van der Waals surface area contributed by atoms with Gasteiger partial charge in [-0.15, -0.1) is 0 Å². The van der Waals surface area contributed by atoms with Gasteiger partial charge in [0.05, 0.1) is 11.3 Å². The van der Waals surface area contributed by atoms with E-state index in [-0.39, 0.29) is 17.7 Å². The molecule has 2 amide bonds. The zero-order valence-electron chi connectivity index (χ0n) is 14.7. The molecule has 3 fully saturated rings. The summed E-state index contributed by atoms with van der Waals surface area (Å²) in [5, 5.41) is 6.12. The molecule has 1 aromatic rings. The van der Waals surface area contributed by atoms with Crippen molar-refractivity contribution in [1.29, 1.82) is 0 Å². The first-order valence-electron chi connectivity index (χ1n) is 9.71. The molecule has 0 unspecified atom stereocenters. The van der Waals surface area contributed by atoms with Crippen LogP contribution < -0.4 is 15.5 Å². The summed E-state index contributed by atoms with van der Waals surface area (Å²) in [6.07, 6.45) is 8.96. The lowest BCUT2D eigenvalue weighted by atomic mass is 10.1. The van der Waals surface area contributed by atoms with E-state index in [0.717, 1.165) is 68.6 Å². The van der Waals surface area contributed by atoms with Crippen molar-refractivity contribution in [3.05, 3.63) is 23.8 Å². The van der Waals surface area contributed by atoms with E-state index < -0.39 is 0 Å². The van der Waals surface area contributed by atoms with E-state index in [2.05, 4.69) is 15.5 Å². The van der Waals surface area contributed by atoms with Crippen LogP contribution in [0.4, 0.5) is 11.4 Å². The van der Waals surface area contributed by atoms with Crippen molar-refractivity contribution in [2.75, 3.05) is 23.3 Å². The van der Waals surface area contributed by atoms with E-state index in [1.54, 1.807) is 0 Å². The van der Waals surface area contributed by atoms with Crippen LogP contribution in [-0.2, 0) is 4.79 Å². The predicted octanol–water partition coefficient (Wildman–Crippen LogP) is 3.31. The second-order valence-corrected chi connectivity index (χ2v) is 7.64. The van der Waals surface area contributed by atoms with Crippen LogP contribution in [0.15, 0.2) is 18.2 Å². The zero-order valence-corrected chi connectivity index (χ0v) is 14.7. The van der Waals surface area contributed by atoms with Gasteiger partial charge in [-0.25, -0.2) is 0 Å². The van der Waals surface area contributed by atoms with Gasteiger partial charge in [0.1, 0.15) is 0 Å². The number of carbonyl (C=O) groups is 2. The molecule has 2 N–H and O–H groups in total. The molecule has 0 radical (unpaired) electrons. The van der Waals surface area contributed by atoms with E-state index in [1.807, 2.05) is 18.2 Å². The van der Waals surface area contributed by atoms with Gasteiger partial charge < -0.3 is 15.5 Å². The Hall–Kier alpha value is -2.04. The Labute approximate surface area is 149 Å². The molecule has 0 bridgehead atoms. The normalized spacial score (nSPS) is 20.7. The third-order valence-corrected chi connectivity index (χ3v) is 5.32. The molecule has 4 rings (SSSR count). The van der Waals surface area contributed by atoms with Gasteiger partial charge in [-0.1, -0.05) is 12.8 Å². The number of rotatable bonds is 5. The first-order chi connectivity index (χ1) is 12.2. The Bertz CT molecular complexity index is 657. The molecule has 1 heterocycles. The van der Waals surface area contributed by atoms with Crippen LogP contribution in [0, 0.1) is 5.92 Å². The van der Waals surface area contributed by atoms with Crippen molar-refractivity contribution in [2.24, 2.45) is 5.92 Å². The second kappa shape index (κ2) is 7.06. The lowest BCUT2D eigenvalue weighted by molar-refractivity contribution is -0.117. The maximum atomic E-state index is 12.7. The molecule has 1 aromatic carbocycles. The third kappa shape index (κ3) is 4.14. The number of hydrogen-bond donors (Lipinski definition) is 2. The first kappa shape index (κ1) is 16.4. The molecule has 2 aliphatic carbocycles. The molecular weight excluding hydrogens is 314 g/mol. The lowest BCUT2D eigenvalue weighted by Gasteiger charge is -2.26. The van der Waals surface area contributed by atoms with Crippen molar-refractivity contribution in [3.63, 3.8) is 0 Å². The van der Waals surface area contributed by atoms with Crippen LogP contribution in [0.1, 0.15) is 61.7 Å². The molecule has 0 aromatic heterocycles. The highest BCUT2D eigenvalue weighted by atomic mass is 16.2. The number of nitrogens with zero attached hydrogens (tertiary/aromatic N) is 1.